The summed E-state index contributed by atoms with van der Waals surface area (Å²) in [5.74, 6) is 0.120. The molecule has 90 valence electrons. The van der Waals surface area contributed by atoms with E-state index in [0.717, 1.165) is 10.2 Å². The van der Waals surface area contributed by atoms with E-state index in [-0.39, 0.29) is 11.9 Å². The summed E-state index contributed by atoms with van der Waals surface area (Å²) in [5.41, 5.74) is -0.486. The van der Waals surface area contributed by atoms with Crippen molar-refractivity contribution in [3.8, 4) is 0 Å². The molecule has 0 atom stereocenters. The number of anilines is 1. The average Bonchev–Trinajstić information content (AvgIpc) is 2.64. The maximum absolute atomic E-state index is 11.8. The summed E-state index contributed by atoms with van der Waals surface area (Å²) in [4.78, 5) is 20.9. The standard InChI is InChI=1S/C11H12ClN3OS/c1-11(2,3)9(16)15-10-13-7(12)6-4-5-17-8(6)14-10/h4-5H,1-3H3,(H,13,14,15,16). The van der Waals surface area contributed by atoms with Gasteiger partial charge in [0.05, 0.1) is 0 Å². The fraction of sp³-hybridized carbons (Fsp3) is 0.364. The number of hydrogen-bond acceptors (Lipinski definition) is 4. The summed E-state index contributed by atoms with van der Waals surface area (Å²) in [6, 6.07) is 1.86. The second kappa shape index (κ2) is 4.23. The van der Waals surface area contributed by atoms with E-state index < -0.39 is 5.41 Å². The molecule has 2 aromatic rings. The van der Waals surface area contributed by atoms with Gasteiger partial charge < -0.3 is 0 Å². The molecule has 0 saturated heterocycles. The molecule has 0 aliphatic heterocycles. The first-order valence-electron chi connectivity index (χ1n) is 5.10. The molecule has 0 aromatic carbocycles. The summed E-state index contributed by atoms with van der Waals surface area (Å²) in [5, 5.41) is 5.73. The molecular weight excluding hydrogens is 258 g/mol. The van der Waals surface area contributed by atoms with Crippen LogP contribution in [0.1, 0.15) is 20.8 Å². The van der Waals surface area contributed by atoms with Crippen molar-refractivity contribution in [2.24, 2.45) is 5.41 Å². The minimum atomic E-state index is -0.486. The smallest absolute Gasteiger partial charge is 0.232 e. The molecular formula is C11H12ClN3OS. The lowest BCUT2D eigenvalue weighted by molar-refractivity contribution is -0.123. The van der Waals surface area contributed by atoms with Crippen LogP contribution < -0.4 is 5.32 Å². The molecule has 0 saturated carbocycles. The van der Waals surface area contributed by atoms with Crippen LogP contribution in [0.5, 0.6) is 0 Å². The maximum atomic E-state index is 11.8. The van der Waals surface area contributed by atoms with Crippen LogP contribution >= 0.6 is 22.9 Å². The first-order valence-corrected chi connectivity index (χ1v) is 6.36. The molecule has 2 aromatic heterocycles. The largest absolute Gasteiger partial charge is 0.294 e. The van der Waals surface area contributed by atoms with Gasteiger partial charge in [-0.2, -0.15) is 0 Å². The van der Waals surface area contributed by atoms with E-state index in [1.54, 1.807) is 0 Å². The van der Waals surface area contributed by atoms with Crippen molar-refractivity contribution in [3.05, 3.63) is 16.6 Å². The van der Waals surface area contributed by atoms with Crippen LogP contribution in [0.3, 0.4) is 0 Å². The summed E-state index contributed by atoms with van der Waals surface area (Å²) in [6.07, 6.45) is 0. The lowest BCUT2D eigenvalue weighted by Crippen LogP contribution is -2.28. The molecule has 0 aliphatic rings. The minimum absolute atomic E-state index is 0.135. The predicted molar refractivity (Wildman–Crippen MR) is 70.5 cm³/mol. The van der Waals surface area contributed by atoms with E-state index in [0.29, 0.717) is 5.15 Å². The number of nitrogens with one attached hydrogen (secondary N) is 1. The highest BCUT2D eigenvalue weighted by Gasteiger charge is 2.22. The Kier molecular flexibility index (Phi) is 3.05. The van der Waals surface area contributed by atoms with Gasteiger partial charge in [-0.3, -0.25) is 10.1 Å². The van der Waals surface area contributed by atoms with Crippen molar-refractivity contribution in [1.29, 1.82) is 0 Å². The van der Waals surface area contributed by atoms with Gasteiger partial charge in [0.1, 0.15) is 9.98 Å². The fourth-order valence-corrected chi connectivity index (χ4v) is 2.22. The van der Waals surface area contributed by atoms with E-state index in [4.69, 9.17) is 11.6 Å². The summed E-state index contributed by atoms with van der Waals surface area (Å²) >= 11 is 7.47. The molecule has 4 nitrogen and oxygen atoms in total. The first kappa shape index (κ1) is 12.3. The molecule has 0 unspecified atom stereocenters. The third-order valence-corrected chi connectivity index (χ3v) is 3.28. The van der Waals surface area contributed by atoms with Gasteiger partial charge in [-0.1, -0.05) is 32.4 Å². The quantitative estimate of drug-likeness (QED) is 0.808. The molecule has 1 N–H and O–H groups in total. The number of nitrogens with zero attached hydrogens (tertiary/aromatic N) is 2. The third kappa shape index (κ3) is 2.56. The second-order valence-electron chi connectivity index (χ2n) is 4.68. The third-order valence-electron chi connectivity index (χ3n) is 2.19. The topological polar surface area (TPSA) is 54.9 Å². The van der Waals surface area contributed by atoms with Crippen LogP contribution in [0.15, 0.2) is 11.4 Å². The number of carbonyl (C=O) groups is 1. The summed E-state index contributed by atoms with van der Waals surface area (Å²) < 4.78 is 0. The second-order valence-corrected chi connectivity index (χ2v) is 5.93. The van der Waals surface area contributed by atoms with Crippen molar-refractivity contribution >= 4 is 45.0 Å². The first-order chi connectivity index (χ1) is 7.88. The normalized spacial score (nSPS) is 11.8. The fourth-order valence-electron chi connectivity index (χ4n) is 1.16. The molecule has 2 rings (SSSR count). The summed E-state index contributed by atoms with van der Waals surface area (Å²) in [7, 11) is 0. The number of rotatable bonds is 1. The van der Waals surface area contributed by atoms with Gasteiger partial charge in [0.2, 0.25) is 11.9 Å². The Morgan fingerprint density at radius 1 is 1.41 bits per heavy atom. The Hall–Kier alpha value is -1.20. The van der Waals surface area contributed by atoms with Crippen LogP contribution in [-0.2, 0) is 4.79 Å². The maximum Gasteiger partial charge on any atom is 0.232 e. The number of fused-ring (bicyclic) bond motifs is 1. The highest BCUT2D eigenvalue weighted by molar-refractivity contribution is 7.16. The Morgan fingerprint density at radius 2 is 2.12 bits per heavy atom. The van der Waals surface area contributed by atoms with Gasteiger partial charge in [0.25, 0.3) is 0 Å². The highest BCUT2D eigenvalue weighted by Crippen LogP contribution is 2.26. The van der Waals surface area contributed by atoms with E-state index in [2.05, 4.69) is 15.3 Å². The van der Waals surface area contributed by atoms with Crippen molar-refractivity contribution in [2.75, 3.05) is 5.32 Å². The van der Waals surface area contributed by atoms with Crippen LogP contribution in [-0.4, -0.2) is 15.9 Å². The Bertz CT molecular complexity index is 574. The molecule has 1 amide bonds. The van der Waals surface area contributed by atoms with Gasteiger partial charge in [-0.05, 0) is 11.4 Å². The Morgan fingerprint density at radius 3 is 2.76 bits per heavy atom. The monoisotopic (exact) mass is 269 g/mol. The van der Waals surface area contributed by atoms with Crippen LogP contribution in [0.25, 0.3) is 10.2 Å². The van der Waals surface area contributed by atoms with E-state index in [1.807, 2.05) is 32.2 Å². The molecule has 0 aliphatic carbocycles. The zero-order valence-corrected chi connectivity index (χ0v) is 11.3. The number of aromatic nitrogens is 2. The molecule has 17 heavy (non-hydrogen) atoms. The number of halogens is 1. The number of amides is 1. The van der Waals surface area contributed by atoms with E-state index in [9.17, 15) is 4.79 Å². The zero-order chi connectivity index (χ0) is 12.6. The van der Waals surface area contributed by atoms with E-state index in [1.165, 1.54) is 11.3 Å². The SMILES string of the molecule is CC(C)(C)C(=O)Nc1nc(Cl)c2ccsc2n1. The Labute approximate surface area is 108 Å². The minimum Gasteiger partial charge on any atom is -0.294 e. The zero-order valence-electron chi connectivity index (χ0n) is 9.74. The predicted octanol–water partition coefficient (Wildman–Crippen LogP) is 3.33. The van der Waals surface area contributed by atoms with E-state index >= 15 is 0 Å². The van der Waals surface area contributed by atoms with Gasteiger partial charge in [0, 0.05) is 10.8 Å². The number of thiophene rings is 1. The average molecular weight is 270 g/mol. The van der Waals surface area contributed by atoms with Crippen molar-refractivity contribution in [3.63, 3.8) is 0 Å². The van der Waals surface area contributed by atoms with Gasteiger partial charge in [0.15, 0.2) is 0 Å². The number of carbonyl (C=O) groups excluding carboxylic acids is 1. The lowest BCUT2D eigenvalue weighted by atomic mass is 9.96. The van der Waals surface area contributed by atoms with Crippen molar-refractivity contribution in [2.45, 2.75) is 20.8 Å². The molecule has 0 spiro atoms. The van der Waals surface area contributed by atoms with Gasteiger partial charge in [-0.25, -0.2) is 9.97 Å². The van der Waals surface area contributed by atoms with Crippen molar-refractivity contribution < 1.29 is 4.79 Å². The molecule has 2 heterocycles. The molecule has 0 bridgehead atoms. The Balaban J connectivity index is 2.34. The lowest BCUT2D eigenvalue weighted by Gasteiger charge is -2.16. The van der Waals surface area contributed by atoms with Crippen LogP contribution in [0.4, 0.5) is 5.95 Å². The molecule has 6 heteroatoms. The van der Waals surface area contributed by atoms with Gasteiger partial charge >= 0.3 is 0 Å². The summed E-state index contributed by atoms with van der Waals surface area (Å²) in [6.45, 7) is 5.48. The van der Waals surface area contributed by atoms with Crippen molar-refractivity contribution in [1.82, 2.24) is 9.97 Å². The van der Waals surface area contributed by atoms with Gasteiger partial charge in [-0.15, -0.1) is 11.3 Å². The highest BCUT2D eigenvalue weighted by atomic mass is 35.5. The molecule has 0 radical (unpaired) electrons. The molecule has 0 fully saturated rings. The van der Waals surface area contributed by atoms with Crippen LogP contribution in [0, 0.1) is 5.41 Å². The van der Waals surface area contributed by atoms with Crippen LogP contribution in [0.2, 0.25) is 5.15 Å². The number of hydrogen-bond donors (Lipinski definition) is 1.